The van der Waals surface area contributed by atoms with Gasteiger partial charge in [-0.15, -0.1) is 11.3 Å². The molecule has 1 aromatic carbocycles. The third kappa shape index (κ3) is 3.74. The standard InChI is InChI=1S/C13H11Br2Cl2NS/c1-18-11(12-6-8(14)13(15)19-12)5-7-9(16)3-2-4-10(7)17/h2-4,6,11,18H,5H2,1H3. The SMILES string of the molecule is CNC(Cc1c(Cl)cccc1Cl)c1cc(Br)c(Br)s1. The van der Waals surface area contributed by atoms with Crippen LogP contribution in [0, 0.1) is 0 Å². The third-order valence-corrected chi connectivity index (χ3v) is 6.90. The quantitative estimate of drug-likeness (QED) is 0.603. The van der Waals surface area contributed by atoms with E-state index < -0.39 is 0 Å². The molecule has 0 amide bonds. The monoisotopic (exact) mass is 441 g/mol. The van der Waals surface area contributed by atoms with Gasteiger partial charge in [-0.1, -0.05) is 29.3 Å². The number of halogens is 4. The predicted molar refractivity (Wildman–Crippen MR) is 91.7 cm³/mol. The molecular formula is C13H11Br2Cl2NS. The van der Waals surface area contributed by atoms with Crippen molar-refractivity contribution in [1.82, 2.24) is 5.32 Å². The molecule has 6 heteroatoms. The average Bonchev–Trinajstić information content (AvgIpc) is 2.69. The molecule has 0 saturated heterocycles. The summed E-state index contributed by atoms with van der Waals surface area (Å²) in [5, 5.41) is 4.73. The Morgan fingerprint density at radius 3 is 2.37 bits per heavy atom. The van der Waals surface area contributed by atoms with E-state index in [9.17, 15) is 0 Å². The summed E-state index contributed by atoms with van der Waals surface area (Å²) in [7, 11) is 1.94. The smallest absolute Gasteiger partial charge is 0.0843 e. The van der Waals surface area contributed by atoms with Crippen molar-refractivity contribution < 1.29 is 0 Å². The van der Waals surface area contributed by atoms with E-state index in [1.165, 1.54) is 4.88 Å². The summed E-state index contributed by atoms with van der Waals surface area (Å²) in [6, 6.07) is 7.90. The fourth-order valence-corrected chi connectivity index (χ4v) is 4.56. The number of thiophene rings is 1. The molecule has 19 heavy (non-hydrogen) atoms. The first-order chi connectivity index (χ1) is 9.02. The summed E-state index contributed by atoms with van der Waals surface area (Å²) in [5.74, 6) is 0. The fourth-order valence-electron chi connectivity index (χ4n) is 1.81. The minimum atomic E-state index is 0.185. The lowest BCUT2D eigenvalue weighted by Gasteiger charge is -2.16. The maximum Gasteiger partial charge on any atom is 0.0843 e. The van der Waals surface area contributed by atoms with Gasteiger partial charge in [-0.2, -0.15) is 0 Å². The van der Waals surface area contributed by atoms with Gasteiger partial charge in [0.05, 0.1) is 3.79 Å². The Hall–Kier alpha value is 0.420. The lowest BCUT2D eigenvalue weighted by molar-refractivity contribution is 0.602. The Kier molecular flexibility index (Phi) is 5.76. The summed E-state index contributed by atoms with van der Waals surface area (Å²) in [6.07, 6.45) is 0.758. The van der Waals surface area contributed by atoms with Crippen molar-refractivity contribution in [2.75, 3.05) is 7.05 Å². The Morgan fingerprint density at radius 1 is 1.26 bits per heavy atom. The van der Waals surface area contributed by atoms with E-state index in [2.05, 4.69) is 43.2 Å². The summed E-state index contributed by atoms with van der Waals surface area (Å²) < 4.78 is 2.16. The van der Waals surface area contributed by atoms with Gasteiger partial charge in [0.1, 0.15) is 0 Å². The van der Waals surface area contributed by atoms with Crippen molar-refractivity contribution in [3.8, 4) is 0 Å². The first-order valence-electron chi connectivity index (χ1n) is 5.57. The molecule has 1 aromatic heterocycles. The molecule has 1 nitrogen and oxygen atoms in total. The van der Waals surface area contributed by atoms with Crippen LogP contribution < -0.4 is 5.32 Å². The zero-order valence-electron chi connectivity index (χ0n) is 10.0. The number of nitrogens with one attached hydrogen (secondary N) is 1. The highest BCUT2D eigenvalue weighted by Crippen LogP contribution is 2.37. The van der Waals surface area contributed by atoms with Gasteiger partial charge < -0.3 is 5.32 Å². The minimum absolute atomic E-state index is 0.185. The van der Waals surface area contributed by atoms with E-state index in [4.69, 9.17) is 23.2 Å². The first kappa shape index (κ1) is 15.8. The number of hydrogen-bond donors (Lipinski definition) is 1. The van der Waals surface area contributed by atoms with E-state index in [0.29, 0.717) is 10.0 Å². The van der Waals surface area contributed by atoms with Crippen LogP contribution in [0.5, 0.6) is 0 Å². The summed E-state index contributed by atoms with van der Waals surface area (Å²) in [6.45, 7) is 0. The van der Waals surface area contributed by atoms with Crippen LogP contribution in [-0.2, 0) is 6.42 Å². The lowest BCUT2D eigenvalue weighted by atomic mass is 10.0. The van der Waals surface area contributed by atoms with E-state index >= 15 is 0 Å². The number of likely N-dealkylation sites (N-methyl/N-ethyl adjacent to an activating group) is 1. The van der Waals surface area contributed by atoms with Crippen LogP contribution in [0.15, 0.2) is 32.5 Å². The van der Waals surface area contributed by atoms with Gasteiger partial charge in [0, 0.05) is 25.4 Å². The highest BCUT2D eigenvalue weighted by molar-refractivity contribution is 9.13. The van der Waals surface area contributed by atoms with Crippen molar-refractivity contribution in [2.24, 2.45) is 0 Å². The van der Waals surface area contributed by atoms with Crippen LogP contribution >= 0.6 is 66.4 Å². The molecule has 2 aromatic rings. The molecule has 0 bridgehead atoms. The molecule has 0 spiro atoms. The van der Waals surface area contributed by atoms with Crippen LogP contribution in [0.4, 0.5) is 0 Å². The molecule has 1 unspecified atom stereocenters. The van der Waals surface area contributed by atoms with Gasteiger partial charge in [0.15, 0.2) is 0 Å². The highest BCUT2D eigenvalue weighted by atomic mass is 79.9. The lowest BCUT2D eigenvalue weighted by Crippen LogP contribution is -2.18. The predicted octanol–water partition coefficient (Wildman–Crippen LogP) is 6.08. The summed E-state index contributed by atoms with van der Waals surface area (Å²) in [5.41, 5.74) is 0.978. The van der Waals surface area contributed by atoms with Gasteiger partial charge in [-0.3, -0.25) is 0 Å². The van der Waals surface area contributed by atoms with Crippen LogP contribution in [0.1, 0.15) is 16.5 Å². The zero-order valence-corrected chi connectivity index (χ0v) is 15.5. The molecule has 0 aliphatic heterocycles. The number of benzene rings is 1. The van der Waals surface area contributed by atoms with E-state index in [-0.39, 0.29) is 6.04 Å². The van der Waals surface area contributed by atoms with E-state index in [1.807, 2.05) is 25.2 Å². The van der Waals surface area contributed by atoms with E-state index in [1.54, 1.807) is 11.3 Å². The topological polar surface area (TPSA) is 12.0 Å². The average molecular weight is 444 g/mol. The van der Waals surface area contributed by atoms with Crippen molar-refractivity contribution in [3.63, 3.8) is 0 Å². The second-order valence-electron chi connectivity index (χ2n) is 4.02. The van der Waals surface area contributed by atoms with Crippen LogP contribution in [0.3, 0.4) is 0 Å². The van der Waals surface area contributed by atoms with Crippen molar-refractivity contribution in [2.45, 2.75) is 12.5 Å². The molecule has 0 radical (unpaired) electrons. The van der Waals surface area contributed by atoms with Gasteiger partial charge >= 0.3 is 0 Å². The second kappa shape index (κ2) is 6.92. The molecule has 0 saturated carbocycles. The molecule has 1 N–H and O–H groups in total. The second-order valence-corrected chi connectivity index (χ2v) is 8.09. The Morgan fingerprint density at radius 2 is 1.89 bits per heavy atom. The minimum Gasteiger partial charge on any atom is -0.312 e. The van der Waals surface area contributed by atoms with Gasteiger partial charge in [0.25, 0.3) is 0 Å². The zero-order chi connectivity index (χ0) is 14.0. The molecule has 1 atom stereocenters. The van der Waals surface area contributed by atoms with Gasteiger partial charge in [0.2, 0.25) is 0 Å². The van der Waals surface area contributed by atoms with Crippen molar-refractivity contribution in [3.05, 3.63) is 53.0 Å². The van der Waals surface area contributed by atoms with Crippen LogP contribution in [0.2, 0.25) is 10.0 Å². The summed E-state index contributed by atoms with van der Waals surface area (Å²) >= 11 is 21.2. The number of rotatable bonds is 4. The normalized spacial score (nSPS) is 12.7. The Bertz CT molecular complexity index is 546. The van der Waals surface area contributed by atoms with Crippen LogP contribution in [-0.4, -0.2) is 7.05 Å². The number of hydrogen-bond acceptors (Lipinski definition) is 2. The van der Waals surface area contributed by atoms with Crippen LogP contribution in [0.25, 0.3) is 0 Å². The molecule has 2 rings (SSSR count). The largest absolute Gasteiger partial charge is 0.312 e. The Balaban J connectivity index is 2.29. The van der Waals surface area contributed by atoms with Crippen molar-refractivity contribution in [1.29, 1.82) is 0 Å². The van der Waals surface area contributed by atoms with Gasteiger partial charge in [-0.25, -0.2) is 0 Å². The van der Waals surface area contributed by atoms with Crippen molar-refractivity contribution >= 4 is 66.4 Å². The molecule has 1 heterocycles. The maximum absolute atomic E-state index is 6.23. The maximum atomic E-state index is 6.23. The summed E-state index contributed by atoms with van der Waals surface area (Å²) in [4.78, 5) is 1.23. The third-order valence-electron chi connectivity index (χ3n) is 2.83. The fraction of sp³-hybridized carbons (Fsp3) is 0.231. The molecular weight excluding hydrogens is 433 g/mol. The Labute approximate surface area is 143 Å². The van der Waals surface area contributed by atoms with Gasteiger partial charge in [-0.05, 0) is 69.1 Å². The molecule has 0 aliphatic rings. The highest BCUT2D eigenvalue weighted by Gasteiger charge is 2.17. The van der Waals surface area contributed by atoms with E-state index in [0.717, 1.165) is 20.2 Å². The molecule has 102 valence electrons. The first-order valence-corrected chi connectivity index (χ1v) is 8.73. The molecule has 0 fully saturated rings. The molecule has 0 aliphatic carbocycles.